The molecule has 0 amide bonds. The average molecular weight is 347 g/mol. The zero-order chi connectivity index (χ0) is 17.5. The van der Waals surface area contributed by atoms with Crippen LogP contribution >= 0.6 is 0 Å². The van der Waals surface area contributed by atoms with Crippen molar-refractivity contribution in [3.05, 3.63) is 11.8 Å². The quantitative estimate of drug-likeness (QED) is 0.602. The minimum absolute atomic E-state index is 0.111. The first-order valence-corrected chi connectivity index (χ1v) is 7.91. The summed E-state index contributed by atoms with van der Waals surface area (Å²) in [5.74, 6) is 0. The van der Waals surface area contributed by atoms with Crippen LogP contribution in [0.5, 0.6) is 0 Å². The molecule has 127 valence electrons. The number of halogens is 3. The van der Waals surface area contributed by atoms with Gasteiger partial charge in [0.1, 0.15) is 6.73 Å². The van der Waals surface area contributed by atoms with Crippen LogP contribution in [0.1, 0.15) is 33.3 Å². The Morgan fingerprint density at radius 3 is 2.30 bits per heavy atom. The molecule has 2 rings (SSSR count). The summed E-state index contributed by atoms with van der Waals surface area (Å²) in [4.78, 5) is 0. The maximum Gasteiger partial charge on any atom is 0.514 e. The predicted octanol–water partition coefficient (Wildman–Crippen LogP) is 1.76. The molecule has 1 saturated heterocycles. The zero-order valence-electron chi connectivity index (χ0n) is 13.5. The molecule has 0 unspecified atom stereocenters. The summed E-state index contributed by atoms with van der Waals surface area (Å²) < 4.78 is 57.7. The number of hydrogen-bond donors (Lipinski definition) is 0. The van der Waals surface area contributed by atoms with Gasteiger partial charge >= 0.3 is 13.3 Å². The van der Waals surface area contributed by atoms with Crippen LogP contribution in [0.4, 0.5) is 13.2 Å². The van der Waals surface area contributed by atoms with Crippen molar-refractivity contribution < 1.29 is 27.2 Å². The molecule has 0 atom stereocenters. The van der Waals surface area contributed by atoms with Crippen LogP contribution in [0, 0.1) is 0 Å². The first-order valence-electron chi connectivity index (χ1n) is 7.20. The van der Waals surface area contributed by atoms with E-state index in [0.717, 1.165) is 10.9 Å². The van der Waals surface area contributed by atoms with Gasteiger partial charge in [0.05, 0.1) is 28.6 Å². The van der Waals surface area contributed by atoms with Gasteiger partial charge in [-0.1, -0.05) is 0 Å². The van der Waals surface area contributed by atoms with E-state index in [0.29, 0.717) is 12.7 Å². The van der Waals surface area contributed by atoms with Crippen LogP contribution < -0.4 is 5.59 Å². The summed E-state index contributed by atoms with van der Waals surface area (Å²) in [5, 5.41) is 3.79. The summed E-state index contributed by atoms with van der Waals surface area (Å²) in [6.45, 7) is 7.36. The van der Waals surface area contributed by atoms with Gasteiger partial charge in [-0.2, -0.15) is 18.3 Å². The van der Waals surface area contributed by atoms with E-state index < -0.39 is 30.1 Å². The normalized spacial score (nSPS) is 20.3. The molecule has 2 heterocycles. The van der Waals surface area contributed by atoms with Gasteiger partial charge in [0.25, 0.3) is 0 Å². The fourth-order valence-corrected chi connectivity index (χ4v) is 2.29. The number of aromatic nitrogens is 2. The second-order valence-electron chi connectivity index (χ2n) is 6.32. The highest BCUT2D eigenvalue weighted by atomic mass is 28.1. The smallest absolute Gasteiger partial charge is 0.398 e. The van der Waals surface area contributed by atoms with E-state index in [-0.39, 0.29) is 12.3 Å². The first-order chi connectivity index (χ1) is 10.5. The summed E-state index contributed by atoms with van der Waals surface area (Å²) in [5.41, 5.74) is -2.54. The molecule has 0 spiro atoms. The van der Waals surface area contributed by atoms with Crippen LogP contribution in [0.3, 0.4) is 0 Å². The summed E-state index contributed by atoms with van der Waals surface area (Å²) >= 11 is 0. The highest BCUT2D eigenvalue weighted by Gasteiger charge is 2.55. The molecule has 5 nitrogen and oxygen atoms in total. The lowest BCUT2D eigenvalue weighted by Gasteiger charge is -2.32. The molecule has 1 aliphatic heterocycles. The average Bonchev–Trinajstić information content (AvgIpc) is 2.89. The van der Waals surface area contributed by atoms with Crippen molar-refractivity contribution in [2.45, 2.75) is 57.8 Å². The van der Waals surface area contributed by atoms with Crippen molar-refractivity contribution >= 4 is 23.0 Å². The fourth-order valence-electron chi connectivity index (χ4n) is 2.14. The maximum absolute atomic E-state index is 13.3. The lowest BCUT2D eigenvalue weighted by molar-refractivity contribution is -0.137. The Morgan fingerprint density at radius 2 is 1.83 bits per heavy atom. The van der Waals surface area contributed by atoms with Gasteiger partial charge in [-0.15, -0.1) is 0 Å². The Labute approximate surface area is 137 Å². The van der Waals surface area contributed by atoms with Crippen molar-refractivity contribution in [2.24, 2.45) is 0 Å². The molecule has 10 heteroatoms. The van der Waals surface area contributed by atoms with Gasteiger partial charge in [0.2, 0.25) is 0 Å². The van der Waals surface area contributed by atoms with Gasteiger partial charge in [-0.3, -0.25) is 0 Å². The summed E-state index contributed by atoms with van der Waals surface area (Å²) in [6, 6.07) is 0.569. The molecule has 1 fully saturated rings. The molecule has 1 aliphatic rings. The van der Waals surface area contributed by atoms with Gasteiger partial charge in [-0.05, 0) is 33.7 Å². The third-order valence-electron chi connectivity index (χ3n) is 4.12. The number of hydrogen-bond acceptors (Lipinski definition) is 4. The van der Waals surface area contributed by atoms with Crippen LogP contribution in [-0.2, 0) is 27.0 Å². The van der Waals surface area contributed by atoms with E-state index in [1.165, 1.54) is 0 Å². The van der Waals surface area contributed by atoms with Crippen LogP contribution in [-0.4, -0.2) is 45.0 Å². The molecule has 3 radical (unpaired) electrons. The van der Waals surface area contributed by atoms with Crippen LogP contribution in [0.25, 0.3) is 0 Å². The van der Waals surface area contributed by atoms with Crippen molar-refractivity contribution in [1.82, 2.24) is 9.78 Å². The number of rotatable bonds is 5. The maximum atomic E-state index is 13.3. The summed E-state index contributed by atoms with van der Waals surface area (Å²) in [7, 11) is 2.08. The number of nitrogens with zero attached hydrogens (tertiary/aromatic N) is 2. The highest BCUT2D eigenvalue weighted by Crippen LogP contribution is 2.38. The van der Waals surface area contributed by atoms with Gasteiger partial charge in [0, 0.05) is 16.8 Å². The van der Waals surface area contributed by atoms with Crippen LogP contribution in [0.2, 0.25) is 6.04 Å². The zero-order valence-corrected chi connectivity index (χ0v) is 14.5. The SMILES string of the molecule is CC1(C)OB(c2c(C(F)(F)F)cnn2COCC[Si])OC1(C)C. The Bertz CT molecular complexity index is 547. The summed E-state index contributed by atoms with van der Waals surface area (Å²) in [6.07, 6.45) is -3.77. The van der Waals surface area contributed by atoms with E-state index >= 15 is 0 Å². The molecule has 1 aromatic heterocycles. The predicted molar refractivity (Wildman–Crippen MR) is 79.5 cm³/mol. The van der Waals surface area contributed by atoms with Crippen LogP contribution in [0.15, 0.2) is 6.20 Å². The molecular weight excluding hydrogens is 328 g/mol. The first kappa shape index (κ1) is 18.5. The van der Waals surface area contributed by atoms with Crippen molar-refractivity contribution in [3.8, 4) is 0 Å². The molecule has 0 N–H and O–H groups in total. The Kier molecular flexibility index (Phi) is 5.01. The minimum atomic E-state index is -4.55. The van der Waals surface area contributed by atoms with E-state index in [4.69, 9.17) is 14.0 Å². The van der Waals surface area contributed by atoms with E-state index in [1.807, 2.05) is 0 Å². The third-order valence-corrected chi connectivity index (χ3v) is 4.33. The van der Waals surface area contributed by atoms with Gasteiger partial charge in [-0.25, -0.2) is 4.68 Å². The molecule has 0 aliphatic carbocycles. The second kappa shape index (κ2) is 6.23. The highest BCUT2D eigenvalue weighted by molar-refractivity contribution is 6.61. The Hall–Kier alpha value is -0.838. The van der Waals surface area contributed by atoms with Gasteiger partial charge in [0.15, 0.2) is 0 Å². The molecule has 0 bridgehead atoms. The van der Waals surface area contributed by atoms with Crippen molar-refractivity contribution in [3.63, 3.8) is 0 Å². The van der Waals surface area contributed by atoms with E-state index in [1.54, 1.807) is 27.7 Å². The third kappa shape index (κ3) is 3.65. The minimum Gasteiger partial charge on any atom is -0.398 e. The monoisotopic (exact) mass is 347 g/mol. The molecule has 1 aromatic rings. The number of alkyl halides is 3. The van der Waals surface area contributed by atoms with Gasteiger partial charge < -0.3 is 14.0 Å². The van der Waals surface area contributed by atoms with E-state index in [2.05, 4.69) is 15.3 Å². The number of ether oxygens (including phenoxy) is 1. The van der Waals surface area contributed by atoms with E-state index in [9.17, 15) is 13.2 Å². The second-order valence-corrected chi connectivity index (χ2v) is 6.82. The fraction of sp³-hybridized carbons (Fsp3) is 0.769. The largest absolute Gasteiger partial charge is 0.514 e. The molecule has 0 aromatic carbocycles. The topological polar surface area (TPSA) is 45.5 Å². The van der Waals surface area contributed by atoms with Crippen molar-refractivity contribution in [2.75, 3.05) is 6.61 Å². The molecule has 0 saturated carbocycles. The van der Waals surface area contributed by atoms with Crippen molar-refractivity contribution in [1.29, 1.82) is 0 Å². The standard InChI is InChI=1S/C13H19BF3N2O3Si/c1-11(2)12(3,4)22-14(21-11)10-9(13(15,16)17)7-18-19(10)8-20-5-6-23/h7H,5-6,8H2,1-4H3. The molecular formula is C13H19BF3N2O3Si. The Balaban J connectivity index is 2.37. The molecule has 23 heavy (non-hydrogen) atoms. The lowest BCUT2D eigenvalue weighted by Crippen LogP contribution is -2.43. The Morgan fingerprint density at radius 1 is 1.26 bits per heavy atom. The lowest BCUT2D eigenvalue weighted by atomic mass is 9.81.